The fourth-order valence-electron chi connectivity index (χ4n) is 1.55. The Labute approximate surface area is 112 Å². The van der Waals surface area contributed by atoms with Crippen LogP contribution in [0.1, 0.15) is 20.3 Å². The van der Waals surface area contributed by atoms with Crippen molar-refractivity contribution in [1.82, 2.24) is 0 Å². The number of methoxy groups -OCH3 is 1. The second-order valence-corrected chi connectivity index (χ2v) is 6.83. The highest BCUT2D eigenvalue weighted by Crippen LogP contribution is 2.30. The Hall–Kier alpha value is 0.540. The van der Waals surface area contributed by atoms with Crippen molar-refractivity contribution in [2.75, 3.05) is 7.11 Å². The Morgan fingerprint density at radius 1 is 1.50 bits per heavy atom. The van der Waals surface area contributed by atoms with Gasteiger partial charge in [0.15, 0.2) is 12.1 Å². The van der Waals surface area contributed by atoms with Crippen LogP contribution in [-0.4, -0.2) is 36.5 Å². The van der Waals surface area contributed by atoms with E-state index >= 15 is 0 Å². The highest BCUT2D eigenvalue weighted by atomic mass is 79.9. The van der Waals surface area contributed by atoms with Gasteiger partial charge in [-0.25, -0.2) is 0 Å². The summed E-state index contributed by atoms with van der Waals surface area (Å²) in [5.41, 5.74) is 0. The summed E-state index contributed by atoms with van der Waals surface area (Å²) in [6, 6.07) is 0. The van der Waals surface area contributed by atoms with Crippen molar-refractivity contribution in [2.24, 2.45) is 0 Å². The van der Waals surface area contributed by atoms with Gasteiger partial charge in [0.1, 0.15) is 6.10 Å². The lowest BCUT2D eigenvalue weighted by Gasteiger charge is -2.25. The lowest BCUT2D eigenvalue weighted by atomic mass is 10.1. The first-order valence-corrected chi connectivity index (χ1v) is 6.51. The standard InChI is InChI=1S/C10H16Br2O4/c1-10(2,13)16-7-5-9(14-3)15-6(7)4-8(11)12/h4,6-7,9,13H,5H2,1-3H3. The third kappa shape index (κ3) is 4.81. The first-order chi connectivity index (χ1) is 7.31. The average molecular weight is 360 g/mol. The summed E-state index contributed by atoms with van der Waals surface area (Å²) >= 11 is 6.54. The number of rotatable bonds is 4. The van der Waals surface area contributed by atoms with Gasteiger partial charge in [0.05, 0.1) is 9.50 Å². The summed E-state index contributed by atoms with van der Waals surface area (Å²) < 4.78 is 17.0. The Balaban J connectivity index is 2.68. The molecular weight excluding hydrogens is 344 g/mol. The molecule has 0 aromatic rings. The fourth-order valence-corrected chi connectivity index (χ4v) is 2.07. The molecule has 1 fully saturated rings. The second kappa shape index (κ2) is 5.93. The maximum Gasteiger partial charge on any atom is 0.160 e. The molecule has 1 N–H and O–H groups in total. The molecule has 1 rings (SSSR count). The summed E-state index contributed by atoms with van der Waals surface area (Å²) in [5.74, 6) is -1.18. The molecule has 0 aromatic heterocycles. The lowest BCUT2D eigenvalue weighted by Crippen LogP contribution is -2.34. The van der Waals surface area contributed by atoms with E-state index < -0.39 is 5.79 Å². The molecule has 0 saturated carbocycles. The van der Waals surface area contributed by atoms with Crippen molar-refractivity contribution in [2.45, 2.75) is 44.6 Å². The largest absolute Gasteiger partial charge is 0.366 e. The summed E-state index contributed by atoms with van der Waals surface area (Å²) in [6.45, 7) is 3.19. The lowest BCUT2D eigenvalue weighted by molar-refractivity contribution is -0.210. The normalized spacial score (nSPS) is 30.5. The zero-order chi connectivity index (χ0) is 12.3. The summed E-state index contributed by atoms with van der Waals surface area (Å²) in [4.78, 5) is 0. The number of hydrogen-bond donors (Lipinski definition) is 1. The molecule has 0 aliphatic carbocycles. The molecule has 0 bridgehead atoms. The molecule has 0 radical (unpaired) electrons. The van der Waals surface area contributed by atoms with E-state index in [1.54, 1.807) is 21.0 Å². The highest BCUT2D eigenvalue weighted by Gasteiger charge is 2.37. The van der Waals surface area contributed by atoms with Gasteiger partial charge in [0, 0.05) is 13.5 Å². The molecule has 1 heterocycles. The van der Waals surface area contributed by atoms with Crippen molar-refractivity contribution in [1.29, 1.82) is 0 Å². The second-order valence-electron chi connectivity index (χ2n) is 4.06. The SMILES string of the molecule is COC1CC(OC(C)(C)O)C(C=C(Br)Br)O1. The summed E-state index contributed by atoms with van der Waals surface area (Å²) in [6.07, 6.45) is 1.65. The first kappa shape index (κ1) is 14.6. The first-order valence-electron chi connectivity index (χ1n) is 4.93. The van der Waals surface area contributed by atoms with Gasteiger partial charge in [-0.2, -0.15) is 0 Å². The van der Waals surface area contributed by atoms with Crippen molar-refractivity contribution < 1.29 is 19.3 Å². The average Bonchev–Trinajstić information content (AvgIpc) is 2.44. The fraction of sp³-hybridized carbons (Fsp3) is 0.800. The Morgan fingerprint density at radius 3 is 2.56 bits per heavy atom. The van der Waals surface area contributed by atoms with Gasteiger partial charge in [-0.15, -0.1) is 0 Å². The molecule has 94 valence electrons. The molecule has 0 spiro atoms. The van der Waals surface area contributed by atoms with Crippen molar-refractivity contribution in [3.05, 3.63) is 9.47 Å². The van der Waals surface area contributed by atoms with Crippen LogP contribution in [0.3, 0.4) is 0 Å². The van der Waals surface area contributed by atoms with Crippen molar-refractivity contribution in [3.8, 4) is 0 Å². The van der Waals surface area contributed by atoms with E-state index in [2.05, 4.69) is 31.9 Å². The maximum atomic E-state index is 9.63. The predicted octanol–water partition coefficient (Wildman–Crippen LogP) is 2.49. The van der Waals surface area contributed by atoms with Crippen LogP contribution in [-0.2, 0) is 14.2 Å². The van der Waals surface area contributed by atoms with E-state index in [-0.39, 0.29) is 18.5 Å². The smallest absolute Gasteiger partial charge is 0.160 e. The summed E-state index contributed by atoms with van der Waals surface area (Å²) in [5, 5.41) is 9.63. The van der Waals surface area contributed by atoms with Crippen molar-refractivity contribution >= 4 is 31.9 Å². The van der Waals surface area contributed by atoms with Gasteiger partial charge in [-0.05, 0) is 51.8 Å². The van der Waals surface area contributed by atoms with E-state index in [9.17, 15) is 5.11 Å². The molecular formula is C10H16Br2O4. The van der Waals surface area contributed by atoms with E-state index in [4.69, 9.17) is 14.2 Å². The predicted molar refractivity (Wildman–Crippen MR) is 67.4 cm³/mol. The highest BCUT2D eigenvalue weighted by molar-refractivity contribution is 9.28. The maximum absolute atomic E-state index is 9.63. The molecule has 0 aromatic carbocycles. The monoisotopic (exact) mass is 358 g/mol. The molecule has 16 heavy (non-hydrogen) atoms. The third-order valence-corrected chi connectivity index (χ3v) is 2.62. The van der Waals surface area contributed by atoms with Gasteiger partial charge in [-0.1, -0.05) is 0 Å². The number of ether oxygens (including phenoxy) is 3. The van der Waals surface area contributed by atoms with Crippen LogP contribution in [0.4, 0.5) is 0 Å². The van der Waals surface area contributed by atoms with Crippen LogP contribution < -0.4 is 0 Å². The molecule has 1 aliphatic rings. The molecule has 0 amide bonds. The molecule has 3 atom stereocenters. The molecule has 1 saturated heterocycles. The minimum atomic E-state index is -1.18. The third-order valence-electron chi connectivity index (χ3n) is 2.09. The number of aliphatic hydroxyl groups is 1. The Kier molecular flexibility index (Phi) is 5.41. The van der Waals surface area contributed by atoms with Crippen LogP contribution >= 0.6 is 31.9 Å². The van der Waals surface area contributed by atoms with E-state index in [1.807, 2.05) is 6.08 Å². The van der Waals surface area contributed by atoms with Crippen LogP contribution in [0.2, 0.25) is 0 Å². The van der Waals surface area contributed by atoms with E-state index in [1.165, 1.54) is 0 Å². The van der Waals surface area contributed by atoms with Crippen LogP contribution in [0.25, 0.3) is 0 Å². The van der Waals surface area contributed by atoms with Crippen LogP contribution in [0.15, 0.2) is 9.47 Å². The molecule has 4 nitrogen and oxygen atoms in total. The van der Waals surface area contributed by atoms with E-state index in [0.717, 1.165) is 3.39 Å². The topological polar surface area (TPSA) is 47.9 Å². The van der Waals surface area contributed by atoms with Gasteiger partial charge < -0.3 is 19.3 Å². The van der Waals surface area contributed by atoms with E-state index in [0.29, 0.717) is 6.42 Å². The minimum absolute atomic E-state index is 0.227. The van der Waals surface area contributed by atoms with Gasteiger partial charge in [0.2, 0.25) is 0 Å². The van der Waals surface area contributed by atoms with Crippen molar-refractivity contribution in [3.63, 3.8) is 0 Å². The Bertz CT molecular complexity index is 258. The van der Waals surface area contributed by atoms with Crippen LogP contribution in [0, 0.1) is 0 Å². The summed E-state index contributed by atoms with van der Waals surface area (Å²) in [7, 11) is 1.58. The Morgan fingerprint density at radius 2 is 2.12 bits per heavy atom. The minimum Gasteiger partial charge on any atom is -0.366 e. The zero-order valence-corrected chi connectivity index (χ0v) is 12.6. The van der Waals surface area contributed by atoms with Gasteiger partial charge in [-0.3, -0.25) is 0 Å². The molecule has 1 aliphatic heterocycles. The van der Waals surface area contributed by atoms with Gasteiger partial charge >= 0.3 is 0 Å². The quantitative estimate of drug-likeness (QED) is 0.783. The van der Waals surface area contributed by atoms with Gasteiger partial charge in [0.25, 0.3) is 0 Å². The molecule has 6 heteroatoms. The molecule has 3 unspecified atom stereocenters. The number of halogens is 2. The zero-order valence-electron chi connectivity index (χ0n) is 9.44. The van der Waals surface area contributed by atoms with Crippen LogP contribution in [0.5, 0.6) is 0 Å². The number of hydrogen-bond acceptors (Lipinski definition) is 4.